The largest absolute Gasteiger partial charge is 0.483 e. The van der Waals surface area contributed by atoms with Crippen LogP contribution in [0.1, 0.15) is 25.2 Å². The number of hydrogen-bond acceptors (Lipinski definition) is 5. The van der Waals surface area contributed by atoms with Gasteiger partial charge in [0.05, 0.1) is 13.2 Å². The van der Waals surface area contributed by atoms with E-state index in [4.69, 9.17) is 21.7 Å². The molecule has 5 heteroatoms. The summed E-state index contributed by atoms with van der Waals surface area (Å²) < 4.78 is 10.6. The molecule has 1 aromatic rings. The Hall–Kier alpha value is -1.23. The molecule has 0 atom stereocenters. The van der Waals surface area contributed by atoms with Crippen molar-refractivity contribution in [3.8, 4) is 5.88 Å². The zero-order valence-electron chi connectivity index (χ0n) is 9.11. The van der Waals surface area contributed by atoms with Gasteiger partial charge in [-0.3, -0.25) is 0 Å². The first-order chi connectivity index (χ1) is 7.19. The third-order valence-electron chi connectivity index (χ3n) is 1.65. The molecule has 0 radical (unpaired) electrons. The van der Waals surface area contributed by atoms with Gasteiger partial charge >= 0.3 is 0 Å². The van der Waals surface area contributed by atoms with E-state index in [1.54, 1.807) is 13.1 Å². The van der Waals surface area contributed by atoms with Gasteiger partial charge in [-0.15, -0.1) is 0 Å². The molecular formula is C10H14N2O2S. The number of aromatic nitrogens is 2. The van der Waals surface area contributed by atoms with E-state index >= 15 is 0 Å². The SMILES string of the molecule is CCOC(=S)c1cnc(C)nc1OCC. The molecule has 0 aromatic carbocycles. The van der Waals surface area contributed by atoms with Crippen LogP contribution in [0, 0.1) is 6.92 Å². The minimum Gasteiger partial charge on any atom is -0.483 e. The zero-order valence-corrected chi connectivity index (χ0v) is 9.93. The molecule has 1 aromatic heterocycles. The fraction of sp³-hybridized carbons (Fsp3) is 0.500. The summed E-state index contributed by atoms with van der Waals surface area (Å²) in [6.07, 6.45) is 1.63. The molecule has 0 fully saturated rings. The Bertz CT molecular complexity index is 355. The van der Waals surface area contributed by atoms with E-state index in [0.29, 0.717) is 35.5 Å². The van der Waals surface area contributed by atoms with Crippen molar-refractivity contribution in [2.24, 2.45) is 0 Å². The third kappa shape index (κ3) is 3.13. The quantitative estimate of drug-likeness (QED) is 0.734. The molecule has 1 rings (SSSR count). The molecule has 0 bridgehead atoms. The maximum atomic E-state index is 5.37. The van der Waals surface area contributed by atoms with Crippen molar-refractivity contribution >= 4 is 17.3 Å². The summed E-state index contributed by atoms with van der Waals surface area (Å²) in [7, 11) is 0. The lowest BCUT2D eigenvalue weighted by atomic mass is 10.3. The van der Waals surface area contributed by atoms with Crippen LogP contribution >= 0.6 is 12.2 Å². The summed E-state index contributed by atoms with van der Waals surface area (Å²) in [5.41, 5.74) is 0.638. The zero-order chi connectivity index (χ0) is 11.3. The molecule has 0 aliphatic heterocycles. The van der Waals surface area contributed by atoms with Gasteiger partial charge in [-0.1, -0.05) is 0 Å². The summed E-state index contributed by atoms with van der Waals surface area (Å²) in [5.74, 6) is 1.14. The maximum Gasteiger partial charge on any atom is 0.228 e. The summed E-state index contributed by atoms with van der Waals surface area (Å²) in [6, 6.07) is 0. The first kappa shape index (κ1) is 11.8. The number of hydrogen-bond donors (Lipinski definition) is 0. The van der Waals surface area contributed by atoms with Crippen molar-refractivity contribution in [2.45, 2.75) is 20.8 Å². The fourth-order valence-electron chi connectivity index (χ4n) is 1.04. The molecule has 0 aliphatic rings. The Labute approximate surface area is 94.6 Å². The lowest BCUT2D eigenvalue weighted by molar-refractivity contribution is 0.314. The second-order valence-electron chi connectivity index (χ2n) is 2.79. The Morgan fingerprint density at radius 3 is 2.73 bits per heavy atom. The molecule has 0 spiro atoms. The van der Waals surface area contributed by atoms with Crippen LogP contribution in [0.3, 0.4) is 0 Å². The summed E-state index contributed by atoms with van der Waals surface area (Å²) in [5, 5.41) is 0.376. The van der Waals surface area contributed by atoms with Crippen LogP contribution in [-0.4, -0.2) is 28.2 Å². The maximum absolute atomic E-state index is 5.37. The molecule has 0 aliphatic carbocycles. The van der Waals surface area contributed by atoms with Gasteiger partial charge in [0, 0.05) is 6.20 Å². The Balaban J connectivity index is 2.99. The number of thiocarbonyl (C=S) groups is 1. The number of aryl methyl sites for hydroxylation is 1. The molecule has 4 nitrogen and oxygen atoms in total. The van der Waals surface area contributed by atoms with Crippen LogP contribution in [-0.2, 0) is 4.74 Å². The van der Waals surface area contributed by atoms with Crippen LogP contribution in [0.5, 0.6) is 5.88 Å². The van der Waals surface area contributed by atoms with Crippen LogP contribution in [0.15, 0.2) is 6.20 Å². The highest BCUT2D eigenvalue weighted by molar-refractivity contribution is 7.80. The monoisotopic (exact) mass is 226 g/mol. The van der Waals surface area contributed by atoms with E-state index in [-0.39, 0.29) is 0 Å². The van der Waals surface area contributed by atoms with E-state index in [0.717, 1.165) is 0 Å². The van der Waals surface area contributed by atoms with E-state index in [2.05, 4.69) is 9.97 Å². The highest BCUT2D eigenvalue weighted by atomic mass is 32.1. The molecule has 1 heterocycles. The van der Waals surface area contributed by atoms with Crippen molar-refractivity contribution in [1.82, 2.24) is 9.97 Å². The van der Waals surface area contributed by atoms with Crippen LogP contribution in [0.4, 0.5) is 0 Å². The minimum absolute atomic E-state index is 0.376. The smallest absolute Gasteiger partial charge is 0.228 e. The van der Waals surface area contributed by atoms with Crippen LogP contribution in [0.2, 0.25) is 0 Å². The predicted octanol–water partition coefficient (Wildman–Crippen LogP) is 1.90. The van der Waals surface area contributed by atoms with E-state index in [1.165, 1.54) is 0 Å². The number of ether oxygens (including phenoxy) is 2. The molecule has 0 saturated heterocycles. The minimum atomic E-state index is 0.376. The number of rotatable bonds is 4. The standard InChI is InChI=1S/C10H14N2O2S/c1-4-13-9-8(10(15)14-5-2)6-11-7(3)12-9/h6H,4-5H2,1-3H3. The van der Waals surface area contributed by atoms with Gasteiger partial charge in [0.1, 0.15) is 11.4 Å². The molecular weight excluding hydrogens is 212 g/mol. The molecule has 0 unspecified atom stereocenters. The van der Waals surface area contributed by atoms with Gasteiger partial charge < -0.3 is 9.47 Å². The van der Waals surface area contributed by atoms with E-state index in [1.807, 2.05) is 13.8 Å². The topological polar surface area (TPSA) is 44.2 Å². The van der Waals surface area contributed by atoms with Gasteiger partial charge in [0.2, 0.25) is 5.88 Å². The summed E-state index contributed by atoms with van der Waals surface area (Å²) in [6.45, 7) is 6.64. The predicted molar refractivity (Wildman–Crippen MR) is 61.3 cm³/mol. The highest BCUT2D eigenvalue weighted by Gasteiger charge is 2.12. The van der Waals surface area contributed by atoms with Gasteiger partial charge in [0.15, 0.2) is 5.05 Å². The average molecular weight is 226 g/mol. The van der Waals surface area contributed by atoms with E-state index < -0.39 is 0 Å². The Morgan fingerprint density at radius 2 is 2.13 bits per heavy atom. The molecule has 0 saturated carbocycles. The summed E-state index contributed by atoms with van der Waals surface area (Å²) in [4.78, 5) is 8.23. The second-order valence-corrected chi connectivity index (χ2v) is 3.16. The van der Waals surface area contributed by atoms with Crippen molar-refractivity contribution in [3.63, 3.8) is 0 Å². The van der Waals surface area contributed by atoms with Gasteiger partial charge in [-0.25, -0.2) is 4.98 Å². The average Bonchev–Trinajstić information content (AvgIpc) is 2.18. The third-order valence-corrected chi connectivity index (χ3v) is 1.99. The van der Waals surface area contributed by atoms with Crippen LogP contribution in [0.25, 0.3) is 0 Å². The second kappa shape index (κ2) is 5.60. The molecule has 0 N–H and O–H groups in total. The Morgan fingerprint density at radius 1 is 1.40 bits per heavy atom. The molecule has 15 heavy (non-hydrogen) atoms. The lowest BCUT2D eigenvalue weighted by Crippen LogP contribution is -2.09. The van der Waals surface area contributed by atoms with Gasteiger partial charge in [-0.05, 0) is 33.0 Å². The van der Waals surface area contributed by atoms with Crippen molar-refractivity contribution in [1.29, 1.82) is 0 Å². The van der Waals surface area contributed by atoms with Crippen molar-refractivity contribution in [2.75, 3.05) is 13.2 Å². The molecule has 0 amide bonds. The first-order valence-corrected chi connectivity index (χ1v) is 5.23. The van der Waals surface area contributed by atoms with Crippen LogP contribution < -0.4 is 4.74 Å². The van der Waals surface area contributed by atoms with Gasteiger partial charge in [-0.2, -0.15) is 4.98 Å². The van der Waals surface area contributed by atoms with E-state index in [9.17, 15) is 0 Å². The number of nitrogens with zero attached hydrogens (tertiary/aromatic N) is 2. The molecule has 82 valence electrons. The van der Waals surface area contributed by atoms with Gasteiger partial charge in [0.25, 0.3) is 0 Å². The van der Waals surface area contributed by atoms with Crippen molar-refractivity contribution in [3.05, 3.63) is 17.6 Å². The summed E-state index contributed by atoms with van der Waals surface area (Å²) >= 11 is 5.08. The van der Waals surface area contributed by atoms with Crippen molar-refractivity contribution < 1.29 is 9.47 Å². The lowest BCUT2D eigenvalue weighted by Gasteiger charge is -2.10. The first-order valence-electron chi connectivity index (χ1n) is 4.82. The Kier molecular flexibility index (Phi) is 4.42. The highest BCUT2D eigenvalue weighted by Crippen LogP contribution is 2.16. The normalized spacial score (nSPS) is 9.80. The fourth-order valence-corrected chi connectivity index (χ4v) is 1.30.